The quantitative estimate of drug-likeness (QED) is 0.280. The van der Waals surface area contributed by atoms with E-state index in [0.717, 1.165) is 0 Å². The maximum Gasteiger partial charge on any atom is 0.160 e. The molecule has 0 aromatic rings. The van der Waals surface area contributed by atoms with E-state index < -0.39 is 0 Å². The van der Waals surface area contributed by atoms with Crippen molar-refractivity contribution in [1.29, 1.82) is 0 Å². The number of unbranched alkanes of at least 4 members (excludes halogenated alkanes) is 2. The summed E-state index contributed by atoms with van der Waals surface area (Å²) in [5.74, 6) is 0. The molecule has 11 heavy (non-hydrogen) atoms. The Labute approximate surface area is 86.3 Å². The van der Waals surface area contributed by atoms with Gasteiger partial charge in [0, 0.05) is 0 Å². The van der Waals surface area contributed by atoms with Gasteiger partial charge in [0.1, 0.15) is 0 Å². The van der Waals surface area contributed by atoms with E-state index in [1.807, 2.05) is 0 Å². The molecule has 0 fully saturated rings. The highest BCUT2D eigenvalue weighted by Crippen LogP contribution is 2.44. The van der Waals surface area contributed by atoms with E-state index in [0.29, 0.717) is 0 Å². The van der Waals surface area contributed by atoms with Crippen LogP contribution in [0.4, 0.5) is 0 Å². The van der Waals surface area contributed by atoms with Gasteiger partial charge >= 0.3 is 0 Å². The molecular weight excluding hydrogens is 265 g/mol. The van der Waals surface area contributed by atoms with Crippen LogP contribution in [-0.4, -0.2) is 13.2 Å². The zero-order valence-electron chi connectivity index (χ0n) is 7.65. The summed E-state index contributed by atoms with van der Waals surface area (Å²) in [6.07, 6.45) is 8.27. The lowest BCUT2D eigenvalue weighted by molar-refractivity contribution is 0.881. The second-order valence-electron chi connectivity index (χ2n) is 2.80. The van der Waals surface area contributed by atoms with Gasteiger partial charge in [0.2, 0.25) is 0 Å². The van der Waals surface area contributed by atoms with E-state index in [4.69, 9.17) is 0 Å². The average Bonchev–Trinajstić information content (AvgIpc) is 2.01. The van der Waals surface area contributed by atoms with Gasteiger partial charge in [-0.3, -0.25) is 0 Å². The summed E-state index contributed by atoms with van der Waals surface area (Å²) >= 11 is 2.61. The van der Waals surface area contributed by atoms with Crippen LogP contribution in [0.25, 0.3) is 0 Å². The second kappa shape index (κ2) is 9.31. The molecular formula is C8H18BIP. The maximum absolute atomic E-state index is 2.61. The molecule has 0 bridgehead atoms. The highest BCUT2D eigenvalue weighted by atomic mass is 127. The van der Waals surface area contributed by atoms with E-state index in [-0.39, 0.29) is 5.44 Å². The van der Waals surface area contributed by atoms with Gasteiger partial charge in [0.25, 0.3) is 0 Å². The minimum absolute atomic E-state index is 0.247. The van der Waals surface area contributed by atoms with Crippen molar-refractivity contribution in [3.8, 4) is 0 Å². The van der Waals surface area contributed by atoms with Crippen molar-refractivity contribution < 1.29 is 0 Å². The highest BCUT2D eigenvalue weighted by molar-refractivity contribution is 14.2. The first kappa shape index (κ1) is 12.2. The van der Waals surface area contributed by atoms with Crippen LogP contribution in [0.15, 0.2) is 0 Å². The van der Waals surface area contributed by atoms with Crippen LogP contribution in [0.2, 0.25) is 6.32 Å². The van der Waals surface area contributed by atoms with Crippen molar-refractivity contribution >= 4 is 34.5 Å². The standard InChI is InChI=1S/C8H18BIP/c1-3-5-7-9-11(10)8-6-4-2/h3-8H2,1-2H3. The average molecular weight is 283 g/mol. The van der Waals surface area contributed by atoms with Gasteiger partial charge in [-0.1, -0.05) is 66.9 Å². The summed E-state index contributed by atoms with van der Waals surface area (Å²) in [7, 11) is 0. The van der Waals surface area contributed by atoms with E-state index in [2.05, 4.69) is 42.9 Å². The molecule has 0 aliphatic heterocycles. The van der Waals surface area contributed by atoms with Gasteiger partial charge < -0.3 is 0 Å². The molecule has 0 amide bonds. The molecule has 0 N–H and O–H groups in total. The van der Waals surface area contributed by atoms with Crippen molar-refractivity contribution in [2.75, 3.05) is 6.16 Å². The Balaban J connectivity index is 3.02. The van der Waals surface area contributed by atoms with Crippen LogP contribution >= 0.6 is 27.5 Å². The fourth-order valence-electron chi connectivity index (χ4n) is 0.836. The number of hydrogen-bond donors (Lipinski definition) is 0. The van der Waals surface area contributed by atoms with Crippen molar-refractivity contribution in [3.05, 3.63) is 0 Å². The first-order valence-corrected chi connectivity index (χ1v) is 8.95. The first-order valence-electron chi connectivity index (χ1n) is 4.57. The molecule has 0 aliphatic rings. The van der Waals surface area contributed by atoms with E-state index >= 15 is 0 Å². The lowest BCUT2D eigenvalue weighted by Gasteiger charge is -2.06. The van der Waals surface area contributed by atoms with Crippen LogP contribution in [0.3, 0.4) is 0 Å². The zero-order chi connectivity index (χ0) is 8.53. The minimum atomic E-state index is 0.247. The molecule has 0 aromatic heterocycles. The topological polar surface area (TPSA) is 0 Å². The fourth-order valence-corrected chi connectivity index (χ4v) is 3.96. The van der Waals surface area contributed by atoms with Crippen molar-refractivity contribution in [2.24, 2.45) is 0 Å². The molecule has 0 heterocycles. The van der Waals surface area contributed by atoms with Gasteiger partial charge in [-0.25, -0.2) is 0 Å². The van der Waals surface area contributed by atoms with Gasteiger partial charge in [0.15, 0.2) is 7.00 Å². The predicted molar refractivity (Wildman–Crippen MR) is 66.2 cm³/mol. The maximum atomic E-state index is 2.61. The molecule has 1 radical (unpaired) electrons. The Morgan fingerprint density at radius 3 is 2.36 bits per heavy atom. The highest BCUT2D eigenvalue weighted by Gasteiger charge is 2.02. The number of halogens is 1. The van der Waals surface area contributed by atoms with Gasteiger partial charge in [-0.15, -0.1) is 0 Å². The molecule has 0 saturated carbocycles. The van der Waals surface area contributed by atoms with Crippen LogP contribution in [0.1, 0.15) is 39.5 Å². The smallest absolute Gasteiger partial charge is 0.0836 e. The molecule has 1 atom stereocenters. The minimum Gasteiger partial charge on any atom is -0.0836 e. The van der Waals surface area contributed by atoms with E-state index in [1.165, 1.54) is 38.2 Å². The van der Waals surface area contributed by atoms with Crippen LogP contribution < -0.4 is 0 Å². The normalized spacial score (nSPS) is 13.0. The Hall–Kier alpha value is 1.22. The SMILES string of the molecule is CCCC[B]P(I)CCCC. The Kier molecular flexibility index (Phi) is 10.4. The third-order valence-corrected chi connectivity index (χ3v) is 5.64. The Morgan fingerprint density at radius 2 is 1.82 bits per heavy atom. The lowest BCUT2D eigenvalue weighted by Crippen LogP contribution is -1.88. The van der Waals surface area contributed by atoms with Crippen LogP contribution in [-0.2, 0) is 0 Å². The summed E-state index contributed by atoms with van der Waals surface area (Å²) in [4.78, 5) is 0. The molecule has 3 heteroatoms. The molecule has 0 rings (SSSR count). The molecule has 1 unspecified atom stereocenters. The summed E-state index contributed by atoms with van der Waals surface area (Å²) < 4.78 is 0. The number of hydrogen-bond acceptors (Lipinski definition) is 0. The van der Waals surface area contributed by atoms with Crippen LogP contribution in [0, 0.1) is 0 Å². The number of rotatable bonds is 7. The molecule has 0 nitrogen and oxygen atoms in total. The van der Waals surface area contributed by atoms with Gasteiger partial charge in [0.05, 0.1) is 0 Å². The monoisotopic (exact) mass is 283 g/mol. The first-order chi connectivity index (χ1) is 5.31. The third-order valence-electron chi connectivity index (χ3n) is 1.61. The van der Waals surface area contributed by atoms with Gasteiger partial charge in [-0.2, -0.15) is 0 Å². The molecule has 0 spiro atoms. The largest absolute Gasteiger partial charge is 0.160 e. The zero-order valence-corrected chi connectivity index (χ0v) is 10.7. The van der Waals surface area contributed by atoms with E-state index in [9.17, 15) is 0 Å². The Bertz CT molecular complexity index is 80.5. The van der Waals surface area contributed by atoms with Crippen molar-refractivity contribution in [1.82, 2.24) is 0 Å². The summed E-state index contributed by atoms with van der Waals surface area (Å²) in [6.45, 7) is 7.07. The Morgan fingerprint density at radius 1 is 1.18 bits per heavy atom. The molecule has 0 saturated heterocycles. The summed E-state index contributed by atoms with van der Waals surface area (Å²) in [6, 6.07) is 0. The fraction of sp³-hybridized carbons (Fsp3) is 1.00. The molecule has 0 aromatic carbocycles. The van der Waals surface area contributed by atoms with Crippen LogP contribution in [0.5, 0.6) is 0 Å². The van der Waals surface area contributed by atoms with Gasteiger partial charge in [-0.05, 0) is 12.6 Å². The molecule has 0 aliphatic carbocycles. The third kappa shape index (κ3) is 9.14. The summed E-state index contributed by atoms with van der Waals surface area (Å²) in [5.41, 5.74) is 0.247. The van der Waals surface area contributed by atoms with Crippen molar-refractivity contribution in [2.45, 2.75) is 45.9 Å². The van der Waals surface area contributed by atoms with Crippen molar-refractivity contribution in [3.63, 3.8) is 0 Å². The predicted octanol–water partition coefficient (Wildman–Crippen LogP) is 4.46. The van der Waals surface area contributed by atoms with E-state index in [1.54, 1.807) is 0 Å². The second-order valence-corrected chi connectivity index (χ2v) is 8.13. The lowest BCUT2D eigenvalue weighted by atomic mass is 9.99. The summed E-state index contributed by atoms with van der Waals surface area (Å²) in [5, 5.41) is 0. The molecule has 65 valence electrons.